The summed E-state index contributed by atoms with van der Waals surface area (Å²) in [7, 11) is 0. The Kier molecular flexibility index (Phi) is 4.08. The standard InChI is InChI=1S/C19H23N3O2/c1-2-17-20-18(24-21-17)14-9-6-10-22(12-14)19(23)16-11-15(16)13-7-4-3-5-8-13/h3-5,7-8,14-16H,2,6,9-12H2,1H3/t14-,15-,16-/m1/s1. The highest BCUT2D eigenvalue weighted by molar-refractivity contribution is 5.83. The lowest BCUT2D eigenvalue weighted by molar-refractivity contribution is -0.134. The van der Waals surface area contributed by atoms with Gasteiger partial charge in [0.2, 0.25) is 11.8 Å². The number of rotatable bonds is 4. The van der Waals surface area contributed by atoms with E-state index in [4.69, 9.17) is 4.52 Å². The quantitative estimate of drug-likeness (QED) is 0.866. The Hall–Kier alpha value is -2.17. The lowest BCUT2D eigenvalue weighted by Crippen LogP contribution is -2.40. The number of aromatic nitrogens is 2. The topological polar surface area (TPSA) is 59.2 Å². The van der Waals surface area contributed by atoms with Crippen molar-refractivity contribution in [2.24, 2.45) is 5.92 Å². The third-order valence-corrected chi connectivity index (χ3v) is 5.22. The molecule has 1 amide bonds. The van der Waals surface area contributed by atoms with Crippen molar-refractivity contribution in [3.05, 3.63) is 47.6 Å². The number of nitrogens with zero attached hydrogens (tertiary/aromatic N) is 3. The fourth-order valence-corrected chi connectivity index (χ4v) is 3.73. The van der Waals surface area contributed by atoms with Gasteiger partial charge in [-0.05, 0) is 30.7 Å². The molecule has 2 aliphatic rings. The number of benzene rings is 1. The Balaban J connectivity index is 1.40. The monoisotopic (exact) mass is 325 g/mol. The first-order chi connectivity index (χ1) is 11.8. The summed E-state index contributed by atoms with van der Waals surface area (Å²) < 4.78 is 5.39. The largest absolute Gasteiger partial charge is 0.342 e. The van der Waals surface area contributed by atoms with Crippen LogP contribution in [-0.4, -0.2) is 34.0 Å². The second-order valence-corrected chi connectivity index (χ2v) is 6.89. The predicted molar refractivity (Wildman–Crippen MR) is 89.5 cm³/mol. The Morgan fingerprint density at radius 1 is 1.33 bits per heavy atom. The fraction of sp³-hybridized carbons (Fsp3) is 0.526. The molecule has 5 heteroatoms. The highest BCUT2D eigenvalue weighted by atomic mass is 16.5. The first kappa shape index (κ1) is 15.4. The minimum Gasteiger partial charge on any atom is -0.342 e. The van der Waals surface area contributed by atoms with E-state index >= 15 is 0 Å². The molecule has 1 aromatic heterocycles. The van der Waals surface area contributed by atoms with Gasteiger partial charge in [-0.3, -0.25) is 4.79 Å². The van der Waals surface area contributed by atoms with Crippen LogP contribution in [0.4, 0.5) is 0 Å². The van der Waals surface area contributed by atoms with Gasteiger partial charge >= 0.3 is 0 Å². The minimum atomic E-state index is 0.153. The summed E-state index contributed by atoms with van der Waals surface area (Å²) in [6, 6.07) is 10.4. The molecule has 1 saturated heterocycles. The fourth-order valence-electron chi connectivity index (χ4n) is 3.73. The van der Waals surface area contributed by atoms with Crippen LogP contribution in [0.15, 0.2) is 34.9 Å². The smallest absolute Gasteiger partial charge is 0.231 e. The van der Waals surface area contributed by atoms with Crippen LogP contribution in [0.25, 0.3) is 0 Å². The summed E-state index contributed by atoms with van der Waals surface area (Å²) in [5.41, 5.74) is 1.29. The van der Waals surface area contributed by atoms with Crippen molar-refractivity contribution in [2.75, 3.05) is 13.1 Å². The van der Waals surface area contributed by atoms with Crippen LogP contribution in [0.3, 0.4) is 0 Å². The molecular weight excluding hydrogens is 302 g/mol. The molecule has 0 N–H and O–H groups in total. The van der Waals surface area contributed by atoms with E-state index in [1.807, 2.05) is 30.0 Å². The minimum absolute atomic E-state index is 0.153. The van der Waals surface area contributed by atoms with Crippen LogP contribution >= 0.6 is 0 Å². The summed E-state index contributed by atoms with van der Waals surface area (Å²) in [6.07, 6.45) is 3.77. The van der Waals surface area contributed by atoms with Gasteiger partial charge in [-0.25, -0.2) is 0 Å². The molecule has 24 heavy (non-hydrogen) atoms. The van der Waals surface area contributed by atoms with Crippen molar-refractivity contribution < 1.29 is 9.32 Å². The highest BCUT2D eigenvalue weighted by Crippen LogP contribution is 2.48. The van der Waals surface area contributed by atoms with E-state index in [1.165, 1.54) is 5.56 Å². The van der Waals surface area contributed by atoms with Crippen molar-refractivity contribution in [3.63, 3.8) is 0 Å². The first-order valence-corrected chi connectivity index (χ1v) is 8.92. The van der Waals surface area contributed by atoms with Gasteiger partial charge in [0.05, 0.1) is 5.92 Å². The van der Waals surface area contributed by atoms with Gasteiger partial charge < -0.3 is 9.42 Å². The zero-order valence-corrected chi connectivity index (χ0v) is 14.0. The van der Waals surface area contributed by atoms with Gasteiger partial charge in [-0.1, -0.05) is 42.4 Å². The van der Waals surface area contributed by atoms with Crippen molar-refractivity contribution in [3.8, 4) is 0 Å². The van der Waals surface area contributed by atoms with Crippen LogP contribution in [0.1, 0.15) is 55.3 Å². The average Bonchev–Trinajstić information content (AvgIpc) is 3.30. The van der Waals surface area contributed by atoms with Crippen molar-refractivity contribution in [1.29, 1.82) is 0 Å². The zero-order chi connectivity index (χ0) is 16.5. The Morgan fingerprint density at radius 3 is 2.92 bits per heavy atom. The van der Waals surface area contributed by atoms with E-state index < -0.39 is 0 Å². The molecule has 5 nitrogen and oxygen atoms in total. The van der Waals surface area contributed by atoms with Gasteiger partial charge in [0, 0.05) is 25.4 Å². The molecule has 4 rings (SSSR count). The number of amides is 1. The number of hydrogen-bond donors (Lipinski definition) is 0. The second kappa shape index (κ2) is 6.38. The molecule has 0 bridgehead atoms. The number of aryl methyl sites for hydroxylation is 1. The van der Waals surface area contributed by atoms with E-state index in [9.17, 15) is 4.79 Å². The predicted octanol–water partition coefficient (Wildman–Crippen LogP) is 3.14. The molecule has 2 fully saturated rings. The SMILES string of the molecule is CCc1noc([C@@H]2CCCN(C(=O)[C@@H]3C[C@@H]3c3ccccc3)C2)n1. The van der Waals surface area contributed by atoms with Gasteiger partial charge in [0.1, 0.15) is 0 Å². The van der Waals surface area contributed by atoms with Crippen LogP contribution in [0, 0.1) is 5.92 Å². The average molecular weight is 325 g/mol. The number of piperidine rings is 1. The molecule has 3 atom stereocenters. The zero-order valence-electron chi connectivity index (χ0n) is 14.0. The maximum Gasteiger partial charge on any atom is 0.231 e. The molecule has 2 heterocycles. The number of carbonyl (C=O) groups is 1. The van der Waals surface area contributed by atoms with Crippen LogP contribution < -0.4 is 0 Å². The molecule has 1 aliphatic heterocycles. The summed E-state index contributed by atoms with van der Waals surface area (Å²) in [4.78, 5) is 19.3. The Bertz CT molecular complexity index is 712. The number of hydrogen-bond acceptors (Lipinski definition) is 4. The van der Waals surface area contributed by atoms with Gasteiger partial charge in [0.25, 0.3) is 0 Å². The molecule has 2 aromatic rings. The third-order valence-electron chi connectivity index (χ3n) is 5.22. The molecule has 0 radical (unpaired) electrons. The van der Waals surface area contributed by atoms with Crippen molar-refractivity contribution in [1.82, 2.24) is 15.0 Å². The molecule has 1 aromatic carbocycles. The summed E-state index contributed by atoms with van der Waals surface area (Å²) in [5.74, 6) is 2.47. The summed E-state index contributed by atoms with van der Waals surface area (Å²) >= 11 is 0. The van der Waals surface area contributed by atoms with Gasteiger partial charge in [0.15, 0.2) is 5.82 Å². The summed E-state index contributed by atoms with van der Waals surface area (Å²) in [6.45, 7) is 3.58. The number of likely N-dealkylation sites (tertiary alicyclic amines) is 1. The first-order valence-electron chi connectivity index (χ1n) is 8.92. The maximum atomic E-state index is 12.8. The normalized spacial score (nSPS) is 26.4. The van der Waals surface area contributed by atoms with Crippen molar-refractivity contribution >= 4 is 5.91 Å². The Morgan fingerprint density at radius 2 is 2.17 bits per heavy atom. The van der Waals surface area contributed by atoms with Gasteiger partial charge in [-0.15, -0.1) is 0 Å². The van der Waals surface area contributed by atoms with E-state index in [2.05, 4.69) is 22.3 Å². The van der Waals surface area contributed by atoms with Crippen LogP contribution in [0.5, 0.6) is 0 Å². The lowest BCUT2D eigenvalue weighted by Gasteiger charge is -2.31. The molecule has 126 valence electrons. The number of carbonyl (C=O) groups excluding carboxylic acids is 1. The van der Waals surface area contributed by atoms with E-state index in [1.54, 1.807) is 0 Å². The van der Waals surface area contributed by atoms with E-state index in [0.717, 1.165) is 38.1 Å². The van der Waals surface area contributed by atoms with Crippen molar-refractivity contribution in [2.45, 2.75) is 44.4 Å². The molecular formula is C19H23N3O2. The van der Waals surface area contributed by atoms with E-state index in [-0.39, 0.29) is 11.8 Å². The Labute approximate surface area is 142 Å². The highest BCUT2D eigenvalue weighted by Gasteiger charge is 2.46. The maximum absolute atomic E-state index is 12.8. The van der Waals surface area contributed by atoms with Gasteiger partial charge in [-0.2, -0.15) is 4.98 Å². The molecule has 0 unspecified atom stereocenters. The summed E-state index contributed by atoms with van der Waals surface area (Å²) in [5, 5.41) is 3.99. The third kappa shape index (κ3) is 2.95. The van der Waals surface area contributed by atoms with E-state index in [0.29, 0.717) is 24.3 Å². The van der Waals surface area contributed by atoms with Crippen LogP contribution in [0.2, 0.25) is 0 Å². The molecule has 1 aliphatic carbocycles. The molecule has 1 saturated carbocycles. The lowest BCUT2D eigenvalue weighted by atomic mass is 9.97. The molecule has 0 spiro atoms. The van der Waals surface area contributed by atoms with Crippen LogP contribution in [-0.2, 0) is 11.2 Å². The second-order valence-electron chi connectivity index (χ2n) is 6.89.